The molecule has 2 N–H and O–H groups in total. The third-order valence-electron chi connectivity index (χ3n) is 2.18. The maximum Gasteiger partial charge on any atom is 0.191 e. The highest BCUT2D eigenvalue weighted by Gasteiger charge is 2.01. The monoisotopic (exact) mass is 413 g/mol. The predicted octanol–water partition coefficient (Wildman–Crippen LogP) is 3.85. The van der Waals surface area contributed by atoms with Crippen LogP contribution >= 0.6 is 47.2 Å². The van der Waals surface area contributed by atoms with E-state index in [0.29, 0.717) is 23.1 Å². The van der Waals surface area contributed by atoms with Crippen LogP contribution in [0.2, 0.25) is 10.0 Å². The van der Waals surface area contributed by atoms with Gasteiger partial charge in [-0.3, -0.25) is 0 Å². The first-order valence-electron chi connectivity index (χ1n) is 5.74. The summed E-state index contributed by atoms with van der Waals surface area (Å²) in [7, 11) is 0. The molecule has 0 aliphatic heterocycles. The Labute approximate surface area is 141 Å². The Hall–Kier alpha value is -0.460. The van der Waals surface area contributed by atoms with Crippen molar-refractivity contribution >= 4 is 53.1 Å². The number of nitrogens with one attached hydrogen (secondary N) is 2. The van der Waals surface area contributed by atoms with Gasteiger partial charge < -0.3 is 10.6 Å². The quantitative estimate of drug-likeness (QED) is 0.333. The fourth-order valence-corrected chi connectivity index (χ4v) is 1.79. The van der Waals surface area contributed by atoms with Gasteiger partial charge in [0.25, 0.3) is 0 Å². The molecule has 0 saturated carbocycles. The van der Waals surface area contributed by atoms with Crippen LogP contribution in [-0.2, 0) is 6.54 Å². The summed E-state index contributed by atoms with van der Waals surface area (Å²) >= 11 is 11.9. The number of benzene rings is 1. The van der Waals surface area contributed by atoms with Crippen molar-refractivity contribution in [1.29, 1.82) is 0 Å². The number of halogens is 3. The van der Waals surface area contributed by atoms with Gasteiger partial charge in [0, 0.05) is 23.1 Å². The van der Waals surface area contributed by atoms with E-state index in [2.05, 4.69) is 22.2 Å². The van der Waals surface area contributed by atoms with Gasteiger partial charge in [0.05, 0.1) is 6.54 Å². The Morgan fingerprint density at radius 1 is 1.37 bits per heavy atom. The van der Waals surface area contributed by atoms with E-state index in [1.165, 1.54) is 0 Å². The van der Waals surface area contributed by atoms with Crippen molar-refractivity contribution in [3.63, 3.8) is 0 Å². The Morgan fingerprint density at radius 3 is 2.68 bits per heavy atom. The van der Waals surface area contributed by atoms with Gasteiger partial charge >= 0.3 is 0 Å². The number of hydrogen-bond acceptors (Lipinski definition) is 1. The lowest BCUT2D eigenvalue weighted by Gasteiger charge is -2.09. The molecule has 0 amide bonds. The van der Waals surface area contributed by atoms with Gasteiger partial charge in [0.1, 0.15) is 0 Å². The molecule has 19 heavy (non-hydrogen) atoms. The highest BCUT2D eigenvalue weighted by atomic mass is 127. The van der Waals surface area contributed by atoms with E-state index < -0.39 is 0 Å². The van der Waals surface area contributed by atoms with Crippen molar-refractivity contribution in [1.82, 2.24) is 10.6 Å². The zero-order chi connectivity index (χ0) is 13.4. The predicted molar refractivity (Wildman–Crippen MR) is 94.9 cm³/mol. The molecule has 106 valence electrons. The molecule has 0 heterocycles. The van der Waals surface area contributed by atoms with E-state index >= 15 is 0 Å². The Kier molecular flexibility index (Phi) is 10.1. The van der Waals surface area contributed by atoms with Crippen LogP contribution < -0.4 is 10.6 Å². The van der Waals surface area contributed by atoms with Gasteiger partial charge in [0.2, 0.25) is 0 Å². The Balaban J connectivity index is 0.00000324. The molecular weight excluding hydrogens is 396 g/mol. The van der Waals surface area contributed by atoms with Crippen molar-refractivity contribution in [3.8, 4) is 0 Å². The van der Waals surface area contributed by atoms with Gasteiger partial charge in [-0.25, -0.2) is 4.99 Å². The number of nitrogens with zero attached hydrogens (tertiary/aromatic N) is 1. The number of guanidine groups is 1. The fraction of sp³-hybridized carbons (Fsp3) is 0.308. The molecule has 0 unspecified atom stereocenters. The van der Waals surface area contributed by atoms with Crippen LogP contribution in [-0.4, -0.2) is 19.0 Å². The van der Waals surface area contributed by atoms with Gasteiger partial charge in [-0.1, -0.05) is 35.3 Å². The molecule has 0 spiro atoms. The minimum Gasteiger partial charge on any atom is -0.357 e. The van der Waals surface area contributed by atoms with Gasteiger partial charge in [0.15, 0.2) is 5.96 Å². The summed E-state index contributed by atoms with van der Waals surface area (Å²) in [5.41, 5.74) is 0.942. The molecule has 0 aliphatic carbocycles. The molecule has 0 bridgehead atoms. The average molecular weight is 414 g/mol. The second-order valence-electron chi connectivity index (χ2n) is 3.60. The first-order valence-corrected chi connectivity index (χ1v) is 6.50. The van der Waals surface area contributed by atoms with Crippen LogP contribution in [0.5, 0.6) is 0 Å². The van der Waals surface area contributed by atoms with Crippen molar-refractivity contribution in [3.05, 3.63) is 46.5 Å². The lowest BCUT2D eigenvalue weighted by atomic mass is 10.2. The molecule has 0 saturated heterocycles. The summed E-state index contributed by atoms with van der Waals surface area (Å²) in [4.78, 5) is 4.43. The maximum atomic E-state index is 6.08. The molecular formula is C13H18Cl2IN3. The third-order valence-corrected chi connectivity index (χ3v) is 2.77. The molecule has 0 fully saturated rings. The standard InChI is InChI=1S/C13H17Cl2N3.HI/c1-3-7-17-13(16-4-2)18-9-10-5-6-11(14)8-12(10)15;/h3,5-6,8H,1,4,7,9H2,2H3,(H2,16,17,18);1H. The Bertz CT molecular complexity index is 436. The highest BCUT2D eigenvalue weighted by Crippen LogP contribution is 2.21. The lowest BCUT2D eigenvalue weighted by molar-refractivity contribution is 0.860. The van der Waals surface area contributed by atoms with E-state index in [1.807, 2.05) is 19.1 Å². The zero-order valence-corrected chi connectivity index (χ0v) is 14.6. The van der Waals surface area contributed by atoms with Crippen molar-refractivity contribution in [2.75, 3.05) is 13.1 Å². The molecule has 1 aromatic carbocycles. The van der Waals surface area contributed by atoms with E-state index in [4.69, 9.17) is 23.2 Å². The SMILES string of the molecule is C=CCNC(=NCc1ccc(Cl)cc1Cl)NCC.I. The van der Waals surface area contributed by atoms with E-state index in [0.717, 1.165) is 18.1 Å². The summed E-state index contributed by atoms with van der Waals surface area (Å²) in [5.74, 6) is 0.739. The van der Waals surface area contributed by atoms with Crippen LogP contribution in [0.3, 0.4) is 0 Å². The van der Waals surface area contributed by atoms with Crippen LogP contribution in [0.4, 0.5) is 0 Å². The summed E-state index contributed by atoms with van der Waals surface area (Å²) in [5, 5.41) is 7.52. The number of hydrogen-bond donors (Lipinski definition) is 2. The molecule has 0 radical (unpaired) electrons. The minimum absolute atomic E-state index is 0. The van der Waals surface area contributed by atoms with E-state index in [9.17, 15) is 0 Å². The zero-order valence-electron chi connectivity index (χ0n) is 10.7. The molecule has 0 aromatic heterocycles. The summed E-state index contributed by atoms with van der Waals surface area (Å²) < 4.78 is 0. The highest BCUT2D eigenvalue weighted by molar-refractivity contribution is 14.0. The molecule has 3 nitrogen and oxygen atoms in total. The van der Waals surface area contributed by atoms with Crippen LogP contribution in [0, 0.1) is 0 Å². The van der Waals surface area contributed by atoms with Gasteiger partial charge in [-0.05, 0) is 24.6 Å². The number of rotatable bonds is 5. The van der Waals surface area contributed by atoms with Crippen LogP contribution in [0.1, 0.15) is 12.5 Å². The molecule has 1 rings (SSSR count). The molecule has 0 atom stereocenters. The largest absolute Gasteiger partial charge is 0.357 e. The summed E-state index contributed by atoms with van der Waals surface area (Å²) in [6, 6.07) is 5.41. The molecule has 0 aliphatic rings. The van der Waals surface area contributed by atoms with Gasteiger partial charge in [-0.2, -0.15) is 0 Å². The summed E-state index contributed by atoms with van der Waals surface area (Å²) in [6.45, 7) is 7.64. The summed E-state index contributed by atoms with van der Waals surface area (Å²) in [6.07, 6.45) is 1.78. The molecule has 6 heteroatoms. The second kappa shape index (κ2) is 10.3. The second-order valence-corrected chi connectivity index (χ2v) is 4.44. The number of aliphatic imine (C=N–C) groups is 1. The Morgan fingerprint density at radius 2 is 2.11 bits per heavy atom. The van der Waals surface area contributed by atoms with Crippen LogP contribution in [0.25, 0.3) is 0 Å². The lowest BCUT2D eigenvalue weighted by Crippen LogP contribution is -2.37. The minimum atomic E-state index is 0. The molecule has 1 aromatic rings. The van der Waals surface area contributed by atoms with Gasteiger partial charge in [-0.15, -0.1) is 30.6 Å². The van der Waals surface area contributed by atoms with Crippen LogP contribution in [0.15, 0.2) is 35.8 Å². The maximum absolute atomic E-state index is 6.08. The van der Waals surface area contributed by atoms with E-state index in [1.54, 1.807) is 12.1 Å². The third kappa shape index (κ3) is 7.03. The smallest absolute Gasteiger partial charge is 0.191 e. The first kappa shape index (κ1) is 18.5. The van der Waals surface area contributed by atoms with Crippen molar-refractivity contribution < 1.29 is 0 Å². The van der Waals surface area contributed by atoms with Crippen molar-refractivity contribution in [2.45, 2.75) is 13.5 Å². The topological polar surface area (TPSA) is 36.4 Å². The van der Waals surface area contributed by atoms with E-state index in [-0.39, 0.29) is 24.0 Å². The first-order chi connectivity index (χ1) is 8.67. The van der Waals surface area contributed by atoms with Crippen molar-refractivity contribution in [2.24, 2.45) is 4.99 Å². The average Bonchev–Trinajstić information content (AvgIpc) is 2.34. The normalized spacial score (nSPS) is 10.6. The fourth-order valence-electron chi connectivity index (χ4n) is 1.32.